The fraction of sp³-hybridized carbons (Fsp3) is 0.227. The number of aliphatic hydroxyl groups is 2. The Morgan fingerprint density at radius 2 is 2.00 bits per heavy atom. The van der Waals surface area contributed by atoms with Gasteiger partial charge in [-0.1, -0.05) is 0 Å². The first kappa shape index (κ1) is 22.1. The summed E-state index contributed by atoms with van der Waals surface area (Å²) in [4.78, 5) is 30.3. The highest BCUT2D eigenvalue weighted by molar-refractivity contribution is 6.02. The minimum absolute atomic E-state index is 0.0558. The van der Waals surface area contributed by atoms with Gasteiger partial charge in [0.15, 0.2) is 0 Å². The Labute approximate surface area is 178 Å². The number of carbonyl (C=O) groups excluding carboxylic acids is 2. The van der Waals surface area contributed by atoms with E-state index in [1.807, 2.05) is 0 Å². The number of aryl methyl sites for hydroxylation is 1. The second-order valence-electron chi connectivity index (χ2n) is 7.04. The first-order chi connectivity index (χ1) is 14.8. The van der Waals surface area contributed by atoms with E-state index >= 15 is 0 Å². The maximum absolute atomic E-state index is 13.4. The third-order valence-electron chi connectivity index (χ3n) is 4.81. The van der Waals surface area contributed by atoms with E-state index in [-0.39, 0.29) is 13.2 Å². The molecule has 0 aliphatic rings. The Morgan fingerprint density at radius 3 is 2.71 bits per heavy atom. The van der Waals surface area contributed by atoms with Crippen LogP contribution in [0.4, 0.5) is 21.6 Å². The first-order valence-corrected chi connectivity index (χ1v) is 9.60. The van der Waals surface area contributed by atoms with Gasteiger partial charge in [0, 0.05) is 29.5 Å². The van der Waals surface area contributed by atoms with Crippen molar-refractivity contribution in [2.75, 3.05) is 29.1 Å². The molecule has 0 saturated carbocycles. The number of rotatable bonds is 7. The highest BCUT2D eigenvalue weighted by Crippen LogP contribution is 2.24. The third kappa shape index (κ3) is 5.14. The summed E-state index contributed by atoms with van der Waals surface area (Å²) >= 11 is 0. The van der Waals surface area contributed by atoms with Gasteiger partial charge in [0.1, 0.15) is 17.7 Å². The maximum Gasteiger partial charge on any atom is 0.253 e. The van der Waals surface area contributed by atoms with Crippen molar-refractivity contribution in [3.8, 4) is 0 Å². The lowest BCUT2D eigenvalue weighted by Crippen LogP contribution is -2.39. The van der Waals surface area contributed by atoms with E-state index in [0.717, 1.165) is 10.8 Å². The molecule has 0 spiro atoms. The van der Waals surface area contributed by atoms with E-state index in [4.69, 9.17) is 5.73 Å². The number of amides is 2. The molecule has 1 atom stereocenters. The number of hydrogen-bond acceptors (Lipinski definition) is 6. The Balaban J connectivity index is 1.70. The quantitative estimate of drug-likeness (QED) is 0.457. The summed E-state index contributed by atoms with van der Waals surface area (Å²) in [5, 5.41) is 23.6. The predicted octanol–water partition coefficient (Wildman–Crippen LogP) is 1.98. The highest BCUT2D eigenvalue weighted by Gasteiger charge is 2.24. The van der Waals surface area contributed by atoms with E-state index in [1.165, 1.54) is 23.1 Å². The molecular formula is C22H23FN4O4. The van der Waals surface area contributed by atoms with Crippen molar-refractivity contribution in [1.29, 1.82) is 0 Å². The van der Waals surface area contributed by atoms with Crippen LogP contribution in [0.15, 0.2) is 48.7 Å². The van der Waals surface area contributed by atoms with Crippen LogP contribution < -0.4 is 16.0 Å². The molecule has 0 aliphatic heterocycles. The van der Waals surface area contributed by atoms with Gasteiger partial charge < -0.3 is 26.2 Å². The number of aromatic nitrogens is 1. The van der Waals surface area contributed by atoms with Gasteiger partial charge in [-0.15, -0.1) is 0 Å². The summed E-state index contributed by atoms with van der Waals surface area (Å²) in [6.07, 6.45) is -0.579. The number of aliphatic hydroxyl groups excluding tert-OH is 2. The van der Waals surface area contributed by atoms with E-state index in [1.54, 1.807) is 37.4 Å². The largest absolute Gasteiger partial charge is 0.395 e. The lowest BCUT2D eigenvalue weighted by molar-refractivity contribution is -0.129. The molecule has 1 aromatic heterocycles. The summed E-state index contributed by atoms with van der Waals surface area (Å²) in [5.74, 6) is -1.43. The highest BCUT2D eigenvalue weighted by atomic mass is 19.1. The van der Waals surface area contributed by atoms with Crippen molar-refractivity contribution in [1.82, 2.24) is 4.98 Å². The monoisotopic (exact) mass is 426 g/mol. The molecule has 0 aliphatic carbocycles. The van der Waals surface area contributed by atoms with Crippen LogP contribution in [0, 0.1) is 12.7 Å². The summed E-state index contributed by atoms with van der Waals surface area (Å²) in [5.41, 5.74) is 7.13. The molecule has 1 unspecified atom stereocenters. The number of anilines is 3. The average Bonchev–Trinajstić information content (AvgIpc) is 2.72. The zero-order valence-corrected chi connectivity index (χ0v) is 16.9. The molecule has 9 heteroatoms. The number of fused-ring (bicyclic) bond motifs is 1. The molecule has 2 amide bonds. The van der Waals surface area contributed by atoms with Crippen LogP contribution in [-0.2, 0) is 9.59 Å². The van der Waals surface area contributed by atoms with Crippen LogP contribution in [-0.4, -0.2) is 46.3 Å². The average molecular weight is 426 g/mol. The van der Waals surface area contributed by atoms with Gasteiger partial charge in [-0.2, -0.15) is 0 Å². The van der Waals surface area contributed by atoms with E-state index in [2.05, 4.69) is 10.3 Å². The molecule has 162 valence electrons. The van der Waals surface area contributed by atoms with Crippen molar-refractivity contribution in [2.45, 2.75) is 19.4 Å². The van der Waals surface area contributed by atoms with E-state index < -0.39 is 30.2 Å². The van der Waals surface area contributed by atoms with Crippen LogP contribution in [0.3, 0.4) is 0 Å². The Bertz CT molecular complexity index is 1120. The second-order valence-corrected chi connectivity index (χ2v) is 7.04. The number of nitrogen functional groups attached to an aromatic ring is 1. The lowest BCUT2D eigenvalue weighted by Gasteiger charge is -2.25. The number of nitrogens with one attached hydrogen (secondary N) is 1. The standard InChI is InChI=1S/C22H23FN4O4/c1-13-10-15(23)2-5-18(13)27(8-9-28)20(30)12-19(29)22(31)26-16-3-4-17-14(11-16)6-7-25-21(17)24/h2-7,10-11,19,28-29H,8-9,12H2,1H3,(H2,24,25)(H,26,31). The zero-order chi connectivity index (χ0) is 22.5. The maximum atomic E-state index is 13.4. The second kappa shape index (κ2) is 9.50. The minimum Gasteiger partial charge on any atom is -0.395 e. The Hall–Kier alpha value is -3.56. The summed E-state index contributed by atoms with van der Waals surface area (Å²) in [6.45, 7) is 1.24. The summed E-state index contributed by atoms with van der Waals surface area (Å²) < 4.78 is 13.4. The van der Waals surface area contributed by atoms with Crippen molar-refractivity contribution >= 4 is 39.8 Å². The van der Waals surface area contributed by atoms with E-state index in [9.17, 15) is 24.2 Å². The molecule has 2 aromatic carbocycles. The van der Waals surface area contributed by atoms with Gasteiger partial charge in [-0.3, -0.25) is 9.59 Å². The molecule has 5 N–H and O–H groups in total. The smallest absolute Gasteiger partial charge is 0.253 e. The van der Waals surface area contributed by atoms with Gasteiger partial charge >= 0.3 is 0 Å². The van der Waals surface area contributed by atoms with Crippen LogP contribution in [0.5, 0.6) is 0 Å². The van der Waals surface area contributed by atoms with Gasteiger partial charge in [0.05, 0.1) is 13.0 Å². The fourth-order valence-electron chi connectivity index (χ4n) is 3.27. The summed E-state index contributed by atoms with van der Waals surface area (Å²) in [7, 11) is 0. The Kier molecular flexibility index (Phi) is 6.78. The normalized spacial score (nSPS) is 11.9. The number of pyridine rings is 1. The van der Waals surface area contributed by atoms with Crippen molar-refractivity contribution in [3.05, 3.63) is 60.0 Å². The van der Waals surface area contributed by atoms with Crippen LogP contribution >= 0.6 is 0 Å². The number of nitrogens with zero attached hydrogens (tertiary/aromatic N) is 2. The summed E-state index contributed by atoms with van der Waals surface area (Å²) in [6, 6.07) is 10.6. The van der Waals surface area contributed by atoms with Gasteiger partial charge in [-0.05, 0) is 60.3 Å². The van der Waals surface area contributed by atoms with Crippen LogP contribution in [0.1, 0.15) is 12.0 Å². The van der Waals surface area contributed by atoms with E-state index in [0.29, 0.717) is 22.8 Å². The number of hydrogen-bond donors (Lipinski definition) is 4. The van der Waals surface area contributed by atoms with Crippen LogP contribution in [0.2, 0.25) is 0 Å². The minimum atomic E-state index is -1.62. The third-order valence-corrected chi connectivity index (χ3v) is 4.81. The Morgan fingerprint density at radius 1 is 1.23 bits per heavy atom. The molecular weight excluding hydrogens is 403 g/mol. The number of benzene rings is 2. The lowest BCUT2D eigenvalue weighted by atomic mass is 10.1. The molecule has 0 fully saturated rings. The van der Waals surface area contributed by atoms with Gasteiger partial charge in [-0.25, -0.2) is 9.37 Å². The molecule has 1 heterocycles. The van der Waals surface area contributed by atoms with Crippen molar-refractivity contribution in [2.24, 2.45) is 0 Å². The van der Waals surface area contributed by atoms with Crippen LogP contribution in [0.25, 0.3) is 10.8 Å². The predicted molar refractivity (Wildman–Crippen MR) is 116 cm³/mol. The molecule has 0 bridgehead atoms. The molecule has 31 heavy (non-hydrogen) atoms. The molecule has 0 radical (unpaired) electrons. The number of carbonyl (C=O) groups is 2. The fourth-order valence-corrected chi connectivity index (χ4v) is 3.27. The number of halogens is 1. The zero-order valence-electron chi connectivity index (χ0n) is 16.9. The van der Waals surface area contributed by atoms with Crippen molar-refractivity contribution in [3.63, 3.8) is 0 Å². The topological polar surface area (TPSA) is 129 Å². The SMILES string of the molecule is Cc1cc(F)ccc1N(CCO)C(=O)CC(O)C(=O)Nc1ccc2c(N)nccc2c1. The van der Waals surface area contributed by atoms with Crippen molar-refractivity contribution < 1.29 is 24.2 Å². The first-order valence-electron chi connectivity index (χ1n) is 9.60. The molecule has 8 nitrogen and oxygen atoms in total. The molecule has 3 rings (SSSR count). The van der Waals surface area contributed by atoms with Gasteiger partial charge in [0.2, 0.25) is 5.91 Å². The van der Waals surface area contributed by atoms with Gasteiger partial charge in [0.25, 0.3) is 5.91 Å². The molecule has 3 aromatic rings. The number of nitrogens with two attached hydrogens (primary N) is 1. The molecule has 0 saturated heterocycles.